The molecule has 0 bridgehead atoms. The van der Waals surface area contributed by atoms with Gasteiger partial charge in [0.2, 0.25) is 0 Å². The van der Waals surface area contributed by atoms with Crippen LogP contribution in [0.3, 0.4) is 0 Å². The second-order valence-corrected chi connectivity index (χ2v) is 11.9. The highest BCUT2D eigenvalue weighted by molar-refractivity contribution is 7.52. The number of carbonyl (C=O) groups excluding carboxylic acids is 1. The summed E-state index contributed by atoms with van der Waals surface area (Å²) in [7, 11) is -4.41. The predicted molar refractivity (Wildman–Crippen MR) is 151 cm³/mol. The average molecular weight is 617 g/mol. The third-order valence-corrected chi connectivity index (χ3v) is 8.76. The Balaban J connectivity index is 1.54. The first-order valence-electron chi connectivity index (χ1n) is 13.2. The second kappa shape index (κ2) is 13.4. The number of hydrogen-bond donors (Lipinski definition) is 3. The first-order valence-corrected chi connectivity index (χ1v) is 14.7. The number of azide groups is 1. The summed E-state index contributed by atoms with van der Waals surface area (Å²) >= 11 is 0. The number of nitrogens with zero attached hydrogens (tertiary/aromatic N) is 4. The quantitative estimate of drug-likeness (QED) is 0.0895. The van der Waals surface area contributed by atoms with Crippen molar-refractivity contribution >= 4 is 13.7 Å². The zero-order chi connectivity index (χ0) is 31.2. The molecule has 1 saturated carbocycles. The largest absolute Gasteiger partial charge is 0.460 e. The number of aromatic amines is 1. The third kappa shape index (κ3) is 7.58. The lowest BCUT2D eigenvalue weighted by molar-refractivity contribution is -0.146. The van der Waals surface area contributed by atoms with E-state index < -0.39 is 67.0 Å². The Kier molecular flexibility index (Phi) is 9.84. The maximum absolute atomic E-state index is 13.9. The van der Waals surface area contributed by atoms with Crippen LogP contribution in [0.25, 0.3) is 10.4 Å². The van der Waals surface area contributed by atoms with Crippen molar-refractivity contribution in [3.8, 4) is 5.75 Å². The number of halogens is 1. The molecule has 0 radical (unpaired) electrons. The Labute approximate surface area is 244 Å². The molecular weight excluding hydrogens is 586 g/mol. The topological polar surface area (TPSA) is 198 Å². The monoisotopic (exact) mass is 616 g/mol. The predicted octanol–water partition coefficient (Wildman–Crippen LogP) is 3.59. The SMILES string of the molecule is C[C@H](NP(=O)(OC[C@H]1C[C@@H](n2ccc(=O)[nH]c2=O)[C@](C)(N=[N+]=[N-])[C@@H]1O)Oc1ccc(F)cc1)C(=O)OCc1ccccc1. The summed E-state index contributed by atoms with van der Waals surface area (Å²) in [5, 5.41) is 17.5. The van der Waals surface area contributed by atoms with E-state index in [0.717, 1.165) is 28.3 Å². The average Bonchev–Trinajstić information content (AvgIpc) is 3.21. The van der Waals surface area contributed by atoms with E-state index in [1.165, 1.54) is 32.2 Å². The fraction of sp³-hybridized carbons (Fsp3) is 0.370. The number of aliphatic hydroxyl groups is 1. The van der Waals surface area contributed by atoms with Gasteiger partial charge >= 0.3 is 19.4 Å². The fourth-order valence-corrected chi connectivity index (χ4v) is 6.39. The van der Waals surface area contributed by atoms with Crippen LogP contribution in [-0.4, -0.2) is 44.9 Å². The number of nitrogens with one attached hydrogen (secondary N) is 2. The molecule has 0 spiro atoms. The number of benzene rings is 2. The molecule has 1 aromatic heterocycles. The third-order valence-electron chi connectivity index (χ3n) is 7.12. The van der Waals surface area contributed by atoms with Crippen LogP contribution in [0.1, 0.15) is 31.9 Å². The molecule has 6 atom stereocenters. The smallest absolute Gasteiger partial charge is 0.459 e. The Morgan fingerprint density at radius 1 is 1.26 bits per heavy atom. The van der Waals surface area contributed by atoms with Crippen LogP contribution >= 0.6 is 7.75 Å². The summed E-state index contributed by atoms with van der Waals surface area (Å²) in [6.07, 6.45) is -0.159. The molecule has 3 N–H and O–H groups in total. The lowest BCUT2D eigenvalue weighted by Crippen LogP contribution is -2.44. The van der Waals surface area contributed by atoms with Gasteiger partial charge in [0, 0.05) is 23.1 Å². The van der Waals surface area contributed by atoms with Gasteiger partial charge in [0.05, 0.1) is 24.3 Å². The van der Waals surface area contributed by atoms with Crippen molar-refractivity contribution in [3.05, 3.63) is 110 Å². The van der Waals surface area contributed by atoms with Crippen molar-refractivity contribution in [2.75, 3.05) is 6.61 Å². The van der Waals surface area contributed by atoms with Crippen molar-refractivity contribution in [1.82, 2.24) is 14.6 Å². The van der Waals surface area contributed by atoms with E-state index in [0.29, 0.717) is 0 Å². The Morgan fingerprint density at radius 3 is 2.60 bits per heavy atom. The molecule has 4 rings (SSSR count). The maximum Gasteiger partial charge on any atom is 0.459 e. The van der Waals surface area contributed by atoms with E-state index in [9.17, 15) is 34.0 Å². The van der Waals surface area contributed by atoms with Gasteiger partial charge in [-0.3, -0.25) is 23.7 Å². The number of aromatic nitrogens is 2. The summed E-state index contributed by atoms with van der Waals surface area (Å²) in [5.74, 6) is -2.22. The van der Waals surface area contributed by atoms with E-state index >= 15 is 0 Å². The number of H-pyrrole nitrogens is 1. The van der Waals surface area contributed by atoms with Gasteiger partial charge < -0.3 is 14.4 Å². The van der Waals surface area contributed by atoms with Gasteiger partial charge in [-0.2, -0.15) is 5.09 Å². The van der Waals surface area contributed by atoms with Gasteiger partial charge in [-0.1, -0.05) is 35.4 Å². The van der Waals surface area contributed by atoms with Gasteiger partial charge in [-0.15, -0.1) is 0 Å². The minimum Gasteiger partial charge on any atom is -0.460 e. The fourth-order valence-electron chi connectivity index (χ4n) is 4.84. The van der Waals surface area contributed by atoms with Crippen LogP contribution in [0.15, 0.2) is 81.6 Å². The van der Waals surface area contributed by atoms with Gasteiger partial charge in [0.25, 0.3) is 5.56 Å². The molecule has 43 heavy (non-hydrogen) atoms. The molecule has 0 amide bonds. The Morgan fingerprint density at radius 2 is 1.95 bits per heavy atom. The van der Waals surface area contributed by atoms with Crippen LogP contribution in [-0.2, 0) is 25.2 Å². The first-order chi connectivity index (χ1) is 20.4. The van der Waals surface area contributed by atoms with Crippen LogP contribution in [0.2, 0.25) is 0 Å². The van der Waals surface area contributed by atoms with E-state index in [1.54, 1.807) is 24.3 Å². The maximum atomic E-state index is 13.9. The molecule has 0 saturated heterocycles. The lowest BCUT2D eigenvalue weighted by atomic mass is 9.93. The minimum atomic E-state index is -4.41. The zero-order valence-corrected chi connectivity index (χ0v) is 24.1. The zero-order valence-electron chi connectivity index (χ0n) is 23.2. The molecule has 228 valence electrons. The van der Waals surface area contributed by atoms with Gasteiger partial charge in [-0.25, -0.2) is 13.8 Å². The molecule has 3 aromatic rings. The molecule has 1 aliphatic carbocycles. The van der Waals surface area contributed by atoms with Crippen molar-refractivity contribution in [3.63, 3.8) is 0 Å². The number of carbonyl (C=O) groups is 1. The van der Waals surface area contributed by atoms with Crippen LogP contribution in [0.5, 0.6) is 5.75 Å². The number of rotatable bonds is 12. The minimum absolute atomic E-state index is 0.00779. The van der Waals surface area contributed by atoms with Crippen molar-refractivity contribution in [1.29, 1.82) is 0 Å². The molecule has 1 aliphatic rings. The highest BCUT2D eigenvalue weighted by Gasteiger charge is 2.53. The Bertz CT molecular complexity index is 1650. The second-order valence-electron chi connectivity index (χ2n) is 10.2. The molecule has 14 nitrogen and oxygen atoms in total. The van der Waals surface area contributed by atoms with E-state index in [4.69, 9.17) is 13.8 Å². The van der Waals surface area contributed by atoms with Crippen molar-refractivity contribution in [2.45, 2.75) is 50.6 Å². The van der Waals surface area contributed by atoms with Crippen molar-refractivity contribution < 1.29 is 32.6 Å². The summed E-state index contributed by atoms with van der Waals surface area (Å²) < 4.78 is 45.1. The van der Waals surface area contributed by atoms with Crippen LogP contribution in [0, 0.1) is 11.7 Å². The highest BCUT2D eigenvalue weighted by Crippen LogP contribution is 2.50. The lowest BCUT2D eigenvalue weighted by Gasteiger charge is -2.31. The van der Waals surface area contributed by atoms with E-state index in [2.05, 4.69) is 20.1 Å². The number of ether oxygens (including phenoxy) is 1. The molecular formula is C27H30FN6O8P. The van der Waals surface area contributed by atoms with E-state index in [1.807, 2.05) is 6.07 Å². The summed E-state index contributed by atoms with van der Waals surface area (Å²) in [5.41, 5.74) is 6.97. The first kappa shape index (κ1) is 31.7. The number of aliphatic hydroxyl groups excluding tert-OH is 1. The van der Waals surface area contributed by atoms with Gasteiger partial charge in [-0.05, 0) is 55.6 Å². The summed E-state index contributed by atoms with van der Waals surface area (Å²) in [4.78, 5) is 41.8. The van der Waals surface area contributed by atoms with Gasteiger partial charge in [0.1, 0.15) is 24.2 Å². The normalized spacial score (nSPS) is 23.5. The molecule has 16 heteroatoms. The van der Waals surface area contributed by atoms with Gasteiger partial charge in [0.15, 0.2) is 0 Å². The molecule has 1 unspecified atom stereocenters. The molecule has 1 heterocycles. The van der Waals surface area contributed by atoms with E-state index in [-0.39, 0.29) is 18.8 Å². The highest BCUT2D eigenvalue weighted by atomic mass is 31.2. The van der Waals surface area contributed by atoms with Crippen LogP contribution < -0.4 is 20.9 Å². The summed E-state index contributed by atoms with van der Waals surface area (Å²) in [6.45, 7) is 2.35. The standard InChI is InChI=1S/C27H30FN6O8P/c1-17(25(37)40-15-18-6-4-3-5-7-18)31-43(39,42-21-10-8-20(28)9-11-21)41-16-19-14-22(27(2,24(19)36)32-33-29)34-13-12-23(35)30-26(34)38/h3-13,17,19,22,24,36H,14-16H2,1-2H3,(H,31,39)(H,30,35,38)/t17-,19+,22+,24+,27-,43?/m0/s1. The Hall–Kier alpha value is -4.26. The van der Waals surface area contributed by atoms with Crippen LogP contribution in [0.4, 0.5) is 4.39 Å². The molecule has 0 aliphatic heterocycles. The number of hydrogen-bond acceptors (Lipinski definition) is 9. The van der Waals surface area contributed by atoms with Crippen molar-refractivity contribution in [2.24, 2.45) is 11.0 Å². The molecule has 2 aromatic carbocycles. The molecule has 1 fully saturated rings. The summed E-state index contributed by atoms with van der Waals surface area (Å²) in [6, 6.07) is 12.5. The number of esters is 1.